The van der Waals surface area contributed by atoms with E-state index in [9.17, 15) is 19.1 Å². The second-order valence-corrected chi connectivity index (χ2v) is 7.52. The molecule has 166 valence electrons. The first-order valence-corrected chi connectivity index (χ1v) is 10.0. The SMILES string of the molecule is CC(C)c1nn(-c2cnccn2)c(-c2ccc(F)cc2)c1C=CC(O)CC(=O)CC(=O)O. The summed E-state index contributed by atoms with van der Waals surface area (Å²) in [6.45, 7) is 3.92. The smallest absolute Gasteiger partial charge is 0.310 e. The third kappa shape index (κ3) is 5.50. The first-order chi connectivity index (χ1) is 15.3. The van der Waals surface area contributed by atoms with Crippen molar-refractivity contribution in [3.05, 3.63) is 66.0 Å². The number of carbonyl (C=O) groups is 2. The lowest BCUT2D eigenvalue weighted by Gasteiger charge is -2.09. The van der Waals surface area contributed by atoms with E-state index in [0.717, 1.165) is 0 Å². The second kappa shape index (κ2) is 10.1. The maximum Gasteiger partial charge on any atom is 0.310 e. The number of hydrogen-bond donors (Lipinski definition) is 2. The van der Waals surface area contributed by atoms with Gasteiger partial charge in [-0.15, -0.1) is 0 Å². The number of carbonyl (C=O) groups excluding carboxylic acids is 1. The number of ketones is 1. The fraction of sp³-hybridized carbons (Fsp3) is 0.261. The standard InChI is InChI=1S/C23H23FN4O4/c1-14(2)22-19(8-7-17(29)11-18(30)12-21(31)32)23(15-3-5-16(24)6-4-15)28(27-22)20-13-25-9-10-26-20/h3-10,13-14,17,29H,11-12H2,1-2H3,(H,31,32). The lowest BCUT2D eigenvalue weighted by molar-refractivity contribution is -0.140. The minimum Gasteiger partial charge on any atom is -0.481 e. The molecule has 1 atom stereocenters. The van der Waals surface area contributed by atoms with Crippen molar-refractivity contribution in [3.63, 3.8) is 0 Å². The van der Waals surface area contributed by atoms with Gasteiger partial charge in [-0.25, -0.2) is 14.1 Å². The molecule has 0 saturated carbocycles. The molecule has 9 heteroatoms. The van der Waals surface area contributed by atoms with Gasteiger partial charge in [-0.05, 0) is 30.2 Å². The number of rotatable bonds is 9. The summed E-state index contributed by atoms with van der Waals surface area (Å²) < 4.78 is 15.2. The monoisotopic (exact) mass is 438 g/mol. The van der Waals surface area contributed by atoms with Gasteiger partial charge in [0.1, 0.15) is 18.0 Å². The zero-order chi connectivity index (χ0) is 23.3. The summed E-state index contributed by atoms with van der Waals surface area (Å²) in [4.78, 5) is 30.8. The highest BCUT2D eigenvalue weighted by atomic mass is 19.1. The van der Waals surface area contributed by atoms with Gasteiger partial charge in [-0.3, -0.25) is 14.6 Å². The number of aliphatic hydroxyl groups is 1. The van der Waals surface area contributed by atoms with E-state index in [2.05, 4.69) is 9.97 Å². The van der Waals surface area contributed by atoms with Crippen LogP contribution >= 0.6 is 0 Å². The molecule has 1 aromatic carbocycles. The highest BCUT2D eigenvalue weighted by Gasteiger charge is 2.22. The Labute approximate surface area is 184 Å². The minimum atomic E-state index is -1.24. The van der Waals surface area contributed by atoms with Gasteiger partial charge in [0.15, 0.2) is 5.82 Å². The predicted molar refractivity (Wildman–Crippen MR) is 116 cm³/mol. The number of aliphatic carboxylic acids is 1. The van der Waals surface area contributed by atoms with Gasteiger partial charge < -0.3 is 10.2 Å². The van der Waals surface area contributed by atoms with Gasteiger partial charge >= 0.3 is 5.97 Å². The van der Waals surface area contributed by atoms with E-state index in [-0.39, 0.29) is 18.2 Å². The second-order valence-electron chi connectivity index (χ2n) is 7.52. The summed E-state index contributed by atoms with van der Waals surface area (Å²) >= 11 is 0. The molecule has 2 heterocycles. The molecule has 8 nitrogen and oxygen atoms in total. The molecule has 2 N–H and O–H groups in total. The third-order valence-corrected chi connectivity index (χ3v) is 4.65. The van der Waals surface area contributed by atoms with Crippen molar-refractivity contribution in [2.45, 2.75) is 38.7 Å². The van der Waals surface area contributed by atoms with Crippen LogP contribution in [0.2, 0.25) is 0 Å². The fourth-order valence-corrected chi connectivity index (χ4v) is 3.24. The number of aliphatic hydroxyl groups excluding tert-OH is 1. The van der Waals surface area contributed by atoms with Crippen molar-refractivity contribution in [1.82, 2.24) is 19.7 Å². The van der Waals surface area contributed by atoms with E-state index in [1.165, 1.54) is 24.4 Å². The number of carboxylic acid groups (broad SMARTS) is 1. The van der Waals surface area contributed by atoms with Gasteiger partial charge in [-0.2, -0.15) is 5.10 Å². The number of Topliss-reactive ketones (excluding diaryl/α,β-unsaturated/α-hetero) is 1. The van der Waals surface area contributed by atoms with Crippen molar-refractivity contribution in [3.8, 4) is 17.1 Å². The molecule has 0 amide bonds. The Morgan fingerprint density at radius 2 is 1.91 bits per heavy atom. The lowest BCUT2D eigenvalue weighted by atomic mass is 9.99. The average Bonchev–Trinajstić information content (AvgIpc) is 3.12. The third-order valence-electron chi connectivity index (χ3n) is 4.65. The number of nitrogens with zero attached hydrogens (tertiary/aromatic N) is 4. The first-order valence-electron chi connectivity index (χ1n) is 10.0. The predicted octanol–water partition coefficient (Wildman–Crippen LogP) is 3.40. The molecule has 2 aromatic heterocycles. The van der Waals surface area contributed by atoms with Crippen LogP contribution < -0.4 is 0 Å². The van der Waals surface area contributed by atoms with Crippen LogP contribution in [0, 0.1) is 5.82 Å². The quantitative estimate of drug-likeness (QED) is 0.492. The van der Waals surface area contributed by atoms with Crippen LogP contribution in [0.15, 0.2) is 48.9 Å². The largest absolute Gasteiger partial charge is 0.481 e. The molecule has 0 aliphatic heterocycles. The molecule has 3 aromatic rings. The average molecular weight is 438 g/mol. The molecule has 0 fully saturated rings. The van der Waals surface area contributed by atoms with Gasteiger partial charge in [0.2, 0.25) is 0 Å². The van der Waals surface area contributed by atoms with Crippen molar-refractivity contribution in [2.75, 3.05) is 0 Å². The van der Waals surface area contributed by atoms with Crippen LogP contribution in [-0.2, 0) is 9.59 Å². The summed E-state index contributed by atoms with van der Waals surface area (Å²) in [6, 6.07) is 5.91. The van der Waals surface area contributed by atoms with Crippen LogP contribution in [0.5, 0.6) is 0 Å². The van der Waals surface area contributed by atoms with Crippen molar-refractivity contribution >= 4 is 17.8 Å². The Morgan fingerprint density at radius 1 is 1.19 bits per heavy atom. The molecule has 0 aliphatic carbocycles. The Bertz CT molecular complexity index is 1120. The summed E-state index contributed by atoms with van der Waals surface area (Å²) in [5, 5.41) is 23.7. The van der Waals surface area contributed by atoms with E-state index in [4.69, 9.17) is 10.2 Å². The highest BCUT2D eigenvalue weighted by Crippen LogP contribution is 2.33. The molecule has 0 bridgehead atoms. The van der Waals surface area contributed by atoms with Crippen LogP contribution in [0.1, 0.15) is 43.9 Å². The number of aromatic nitrogens is 4. The molecular weight excluding hydrogens is 415 g/mol. The molecule has 3 rings (SSSR count). The van der Waals surface area contributed by atoms with Crippen molar-refractivity contribution in [2.24, 2.45) is 0 Å². The zero-order valence-electron chi connectivity index (χ0n) is 17.6. The maximum absolute atomic E-state index is 13.6. The Balaban J connectivity index is 2.09. The number of hydrogen-bond acceptors (Lipinski definition) is 6. The van der Waals surface area contributed by atoms with E-state index < -0.39 is 24.3 Å². The normalized spacial score (nSPS) is 12.4. The van der Waals surface area contributed by atoms with Gasteiger partial charge in [0, 0.05) is 29.9 Å². The molecule has 0 radical (unpaired) electrons. The van der Waals surface area contributed by atoms with Crippen molar-refractivity contribution < 1.29 is 24.2 Å². The van der Waals surface area contributed by atoms with E-state index in [0.29, 0.717) is 28.3 Å². The van der Waals surface area contributed by atoms with Gasteiger partial charge in [0.25, 0.3) is 0 Å². The van der Waals surface area contributed by atoms with Crippen LogP contribution in [0.3, 0.4) is 0 Å². The van der Waals surface area contributed by atoms with Crippen LogP contribution in [0.4, 0.5) is 4.39 Å². The molecule has 32 heavy (non-hydrogen) atoms. The molecule has 0 aliphatic rings. The summed E-state index contributed by atoms with van der Waals surface area (Å²) in [5.41, 5.74) is 2.67. The zero-order valence-corrected chi connectivity index (χ0v) is 17.6. The number of benzene rings is 1. The number of halogens is 1. The molecular formula is C23H23FN4O4. The Hall–Kier alpha value is -3.72. The summed E-state index contributed by atoms with van der Waals surface area (Å²) in [7, 11) is 0. The topological polar surface area (TPSA) is 118 Å². The first kappa shape index (κ1) is 23.0. The summed E-state index contributed by atoms with van der Waals surface area (Å²) in [5.74, 6) is -1.74. The Morgan fingerprint density at radius 3 is 2.50 bits per heavy atom. The Kier molecular flexibility index (Phi) is 7.21. The maximum atomic E-state index is 13.6. The van der Waals surface area contributed by atoms with Crippen LogP contribution in [0.25, 0.3) is 23.2 Å². The minimum absolute atomic E-state index is 0.00226. The van der Waals surface area contributed by atoms with Crippen molar-refractivity contribution in [1.29, 1.82) is 0 Å². The highest BCUT2D eigenvalue weighted by molar-refractivity contribution is 5.95. The van der Waals surface area contributed by atoms with Crippen LogP contribution in [-0.4, -0.2) is 47.8 Å². The molecule has 1 unspecified atom stereocenters. The molecule has 0 spiro atoms. The van der Waals surface area contributed by atoms with E-state index in [1.54, 1.807) is 35.3 Å². The summed E-state index contributed by atoms with van der Waals surface area (Å²) in [6.07, 6.45) is 5.58. The van der Waals surface area contributed by atoms with Gasteiger partial charge in [-0.1, -0.05) is 26.0 Å². The fourth-order valence-electron chi connectivity index (χ4n) is 3.24. The van der Waals surface area contributed by atoms with E-state index in [1.807, 2.05) is 13.8 Å². The van der Waals surface area contributed by atoms with E-state index >= 15 is 0 Å². The molecule has 0 saturated heterocycles. The lowest BCUT2D eigenvalue weighted by Crippen LogP contribution is -2.14. The number of carboxylic acids is 1. The van der Waals surface area contributed by atoms with Gasteiger partial charge in [0.05, 0.1) is 23.7 Å².